The Hall–Kier alpha value is -1.79. The highest BCUT2D eigenvalue weighted by Gasteiger charge is 2.32. The Kier molecular flexibility index (Phi) is 4.80. The monoisotopic (exact) mass is 319 g/mol. The topological polar surface area (TPSA) is 45.2 Å². The molecule has 1 fully saturated rings. The number of nitrogens with zero attached hydrogens (tertiary/aromatic N) is 2. The van der Waals surface area contributed by atoms with Crippen LogP contribution in [-0.4, -0.2) is 41.1 Å². The third kappa shape index (κ3) is 3.69. The Morgan fingerprint density at radius 2 is 2.32 bits per heavy atom. The van der Waals surface area contributed by atoms with Crippen LogP contribution in [0.2, 0.25) is 0 Å². The van der Waals surface area contributed by atoms with Crippen LogP contribution in [0.15, 0.2) is 41.9 Å². The third-order valence-electron chi connectivity index (χ3n) is 3.81. The van der Waals surface area contributed by atoms with Gasteiger partial charge in [-0.05, 0) is 30.0 Å². The summed E-state index contributed by atoms with van der Waals surface area (Å²) in [6.45, 7) is 1.62. The molecule has 3 rings (SSSR count). The Morgan fingerprint density at radius 1 is 1.41 bits per heavy atom. The molecule has 0 bridgehead atoms. The molecule has 1 aliphatic heterocycles. The number of carbonyl (C=O) groups is 1. The van der Waals surface area contributed by atoms with Crippen LogP contribution < -0.4 is 5.32 Å². The summed E-state index contributed by atoms with van der Waals surface area (Å²) in [6.07, 6.45) is 1.23. The van der Waals surface area contributed by atoms with E-state index in [1.54, 1.807) is 35.7 Å². The van der Waals surface area contributed by atoms with Gasteiger partial charge in [-0.3, -0.25) is 14.7 Å². The van der Waals surface area contributed by atoms with Crippen LogP contribution in [0.3, 0.4) is 0 Å². The lowest BCUT2D eigenvalue weighted by Crippen LogP contribution is -2.39. The van der Waals surface area contributed by atoms with Crippen molar-refractivity contribution in [2.24, 2.45) is 0 Å². The summed E-state index contributed by atoms with van der Waals surface area (Å²) in [6, 6.07) is 9.30. The van der Waals surface area contributed by atoms with Crippen LogP contribution >= 0.6 is 11.3 Å². The number of carbonyl (C=O) groups excluding carboxylic acids is 1. The smallest absolute Gasteiger partial charge is 0.269 e. The fourth-order valence-electron chi connectivity index (χ4n) is 2.73. The second kappa shape index (κ2) is 6.98. The van der Waals surface area contributed by atoms with E-state index in [0.717, 1.165) is 6.54 Å². The van der Waals surface area contributed by atoms with Gasteiger partial charge in [-0.15, -0.1) is 11.3 Å². The van der Waals surface area contributed by atoms with Crippen molar-refractivity contribution in [3.63, 3.8) is 0 Å². The Morgan fingerprint density at radius 3 is 3.05 bits per heavy atom. The summed E-state index contributed by atoms with van der Waals surface area (Å²) < 4.78 is 13.7. The number of amides is 1. The van der Waals surface area contributed by atoms with Gasteiger partial charge in [0, 0.05) is 36.8 Å². The number of hydrogen-bond acceptors (Lipinski definition) is 4. The van der Waals surface area contributed by atoms with Crippen molar-refractivity contribution in [1.29, 1.82) is 0 Å². The average molecular weight is 319 g/mol. The van der Waals surface area contributed by atoms with Gasteiger partial charge in [0.15, 0.2) is 0 Å². The minimum absolute atomic E-state index is 0.0322. The number of hydrogen-bond donors (Lipinski definition) is 1. The van der Waals surface area contributed by atoms with E-state index < -0.39 is 6.17 Å². The van der Waals surface area contributed by atoms with Gasteiger partial charge >= 0.3 is 0 Å². The zero-order valence-corrected chi connectivity index (χ0v) is 12.9. The molecule has 4 nitrogen and oxygen atoms in total. The van der Waals surface area contributed by atoms with Crippen molar-refractivity contribution >= 4 is 17.2 Å². The highest BCUT2D eigenvalue weighted by Crippen LogP contribution is 2.23. The predicted molar refractivity (Wildman–Crippen MR) is 84.6 cm³/mol. The van der Waals surface area contributed by atoms with Crippen molar-refractivity contribution in [1.82, 2.24) is 15.2 Å². The van der Waals surface area contributed by atoms with Gasteiger partial charge in [-0.25, -0.2) is 4.39 Å². The molecule has 0 saturated carbocycles. The average Bonchev–Trinajstić information content (AvgIpc) is 3.16. The van der Waals surface area contributed by atoms with Crippen LogP contribution in [0.25, 0.3) is 0 Å². The maximum Gasteiger partial charge on any atom is 0.269 e. The molecule has 0 spiro atoms. The number of nitrogens with one attached hydrogen (secondary N) is 1. The number of likely N-dealkylation sites (tertiary alicyclic amines) is 1. The first kappa shape index (κ1) is 15.1. The predicted octanol–water partition coefficient (Wildman–Crippen LogP) is 2.49. The molecule has 2 aromatic heterocycles. The summed E-state index contributed by atoms with van der Waals surface area (Å²) in [5.74, 6) is -0.209. The van der Waals surface area contributed by atoms with Crippen LogP contribution in [0.5, 0.6) is 0 Å². The molecule has 1 N–H and O–H groups in total. The molecule has 0 unspecified atom stereocenters. The summed E-state index contributed by atoms with van der Waals surface area (Å²) in [5, 5.41) is 4.89. The molecule has 116 valence electrons. The van der Waals surface area contributed by atoms with Gasteiger partial charge in [0.25, 0.3) is 5.91 Å². The number of halogens is 1. The van der Waals surface area contributed by atoms with Gasteiger partial charge in [-0.2, -0.15) is 0 Å². The van der Waals surface area contributed by atoms with Gasteiger partial charge < -0.3 is 5.32 Å². The quantitative estimate of drug-likeness (QED) is 0.921. The van der Waals surface area contributed by atoms with Gasteiger partial charge in [0.05, 0.1) is 0 Å². The number of alkyl halides is 1. The van der Waals surface area contributed by atoms with Crippen molar-refractivity contribution in [3.05, 3.63) is 52.5 Å². The lowest BCUT2D eigenvalue weighted by molar-refractivity contribution is 0.0935. The van der Waals surface area contributed by atoms with E-state index in [4.69, 9.17) is 0 Å². The molecular weight excluding hydrogens is 301 g/mol. The Balaban J connectivity index is 1.57. The molecule has 1 amide bonds. The highest BCUT2D eigenvalue weighted by atomic mass is 32.1. The molecule has 2 aromatic rings. The molecule has 3 heterocycles. The van der Waals surface area contributed by atoms with E-state index in [-0.39, 0.29) is 11.9 Å². The molecule has 1 saturated heterocycles. The summed E-state index contributed by atoms with van der Waals surface area (Å²) in [5.41, 5.74) is 0.391. The summed E-state index contributed by atoms with van der Waals surface area (Å²) in [7, 11) is 0. The second-order valence-corrected chi connectivity index (χ2v) is 6.45. The normalized spacial score (nSPS) is 21.9. The standard InChI is InChI=1S/C16H18FN3OS/c17-12-8-13(20(10-12)11-14-4-3-7-22-14)9-19-16(21)15-5-1-2-6-18-15/h1-7,12-13H,8-11H2,(H,19,21)/t12-,13-/m0/s1. The summed E-state index contributed by atoms with van der Waals surface area (Å²) >= 11 is 1.67. The van der Waals surface area contributed by atoms with Crippen LogP contribution in [0, 0.1) is 0 Å². The van der Waals surface area contributed by atoms with E-state index in [9.17, 15) is 9.18 Å². The van der Waals surface area contributed by atoms with Gasteiger partial charge in [-0.1, -0.05) is 12.1 Å². The minimum Gasteiger partial charge on any atom is -0.349 e. The van der Waals surface area contributed by atoms with E-state index in [2.05, 4.69) is 21.3 Å². The van der Waals surface area contributed by atoms with Crippen LogP contribution in [0.1, 0.15) is 21.8 Å². The molecule has 6 heteroatoms. The van der Waals surface area contributed by atoms with Gasteiger partial charge in [0.2, 0.25) is 0 Å². The molecule has 1 aliphatic rings. The maximum atomic E-state index is 13.7. The van der Waals surface area contributed by atoms with E-state index in [1.165, 1.54) is 4.88 Å². The Labute approximate surface area is 133 Å². The van der Waals surface area contributed by atoms with E-state index in [1.807, 2.05) is 11.4 Å². The number of thiophene rings is 1. The van der Waals surface area contributed by atoms with Crippen molar-refractivity contribution < 1.29 is 9.18 Å². The van der Waals surface area contributed by atoms with Crippen LogP contribution in [0.4, 0.5) is 4.39 Å². The van der Waals surface area contributed by atoms with E-state index in [0.29, 0.717) is 25.2 Å². The first-order chi connectivity index (χ1) is 10.7. The van der Waals surface area contributed by atoms with Crippen LogP contribution in [-0.2, 0) is 6.54 Å². The number of aromatic nitrogens is 1. The van der Waals surface area contributed by atoms with E-state index >= 15 is 0 Å². The fourth-order valence-corrected chi connectivity index (χ4v) is 3.46. The maximum absolute atomic E-state index is 13.7. The zero-order valence-electron chi connectivity index (χ0n) is 12.1. The van der Waals surface area contributed by atoms with Crippen molar-refractivity contribution in [3.8, 4) is 0 Å². The molecular formula is C16H18FN3OS. The summed E-state index contributed by atoms with van der Waals surface area (Å²) in [4.78, 5) is 19.4. The largest absolute Gasteiger partial charge is 0.349 e. The molecule has 22 heavy (non-hydrogen) atoms. The first-order valence-corrected chi connectivity index (χ1v) is 8.20. The molecule has 2 atom stereocenters. The van der Waals surface area contributed by atoms with Gasteiger partial charge in [0.1, 0.15) is 11.9 Å². The number of rotatable bonds is 5. The minimum atomic E-state index is -0.822. The lowest BCUT2D eigenvalue weighted by atomic mass is 10.2. The molecule has 0 aromatic carbocycles. The van der Waals surface area contributed by atoms with Crippen molar-refractivity contribution in [2.45, 2.75) is 25.2 Å². The SMILES string of the molecule is O=C(NC[C@@H]1C[C@H](F)CN1Cc1cccs1)c1ccccn1. The second-order valence-electron chi connectivity index (χ2n) is 5.42. The Bertz CT molecular complexity index is 605. The number of pyridine rings is 1. The lowest BCUT2D eigenvalue weighted by Gasteiger charge is -2.23. The molecule has 0 aliphatic carbocycles. The third-order valence-corrected chi connectivity index (χ3v) is 4.67. The zero-order chi connectivity index (χ0) is 15.4. The highest BCUT2D eigenvalue weighted by molar-refractivity contribution is 7.09. The first-order valence-electron chi connectivity index (χ1n) is 7.32. The fraction of sp³-hybridized carbons (Fsp3) is 0.375. The van der Waals surface area contributed by atoms with Crippen molar-refractivity contribution in [2.75, 3.05) is 13.1 Å². The molecule has 0 radical (unpaired) electrons.